The van der Waals surface area contributed by atoms with Crippen LogP contribution < -0.4 is 10.1 Å². The van der Waals surface area contributed by atoms with E-state index in [1.54, 1.807) is 36.4 Å². The maximum Gasteiger partial charge on any atom is 0.350 e. The standard InChI is InChI=1S/C51H55NO17/c1-26-34(66-47(61)40(67-45(59)31-17-13-10-14-18-31)38(52-44(58)27(2)53)30-15-11-9-12-16-30)24-51(62)43(68-46(60)32-19-21-33(63-8)22-20-32)41-49(7,35(56)23-36-50(41,25-64-36)69-29(4)55)42(57)39(65-28(3)54)37(26)48(51,5)6/h9-22,34-36,38-41,43,56,62H,23-25H2,1-8H3,(H,52,58)/t34-,35-,36+,38-,39+,40+,41-,43-,49+,50-,51+/m0/s1. The Bertz CT molecular complexity index is 2580. The fourth-order valence-electron chi connectivity index (χ4n) is 10.6. The molecule has 1 amide bonds. The summed E-state index contributed by atoms with van der Waals surface area (Å²) in [6.45, 7) is 8.69. The summed E-state index contributed by atoms with van der Waals surface area (Å²) in [4.78, 5) is 111. The van der Waals surface area contributed by atoms with Crippen molar-refractivity contribution >= 4 is 47.3 Å². The van der Waals surface area contributed by atoms with Gasteiger partial charge in [0.1, 0.15) is 35.7 Å². The van der Waals surface area contributed by atoms with Crippen molar-refractivity contribution in [3.63, 3.8) is 0 Å². The van der Waals surface area contributed by atoms with E-state index < -0.39 is 124 Å². The van der Waals surface area contributed by atoms with Crippen LogP contribution in [0, 0.1) is 16.7 Å². The molecule has 4 aliphatic rings. The predicted molar refractivity (Wildman–Crippen MR) is 239 cm³/mol. The molecule has 3 aliphatic carbocycles. The molecule has 1 heterocycles. The van der Waals surface area contributed by atoms with Gasteiger partial charge in [-0.15, -0.1) is 0 Å². The third kappa shape index (κ3) is 8.80. The number of carbonyl (C=O) groups is 8. The van der Waals surface area contributed by atoms with E-state index in [9.17, 15) is 39.0 Å². The van der Waals surface area contributed by atoms with Crippen LogP contribution in [-0.4, -0.2) is 119 Å². The summed E-state index contributed by atoms with van der Waals surface area (Å²) in [5, 5.41) is 28.6. The van der Waals surface area contributed by atoms with E-state index in [-0.39, 0.29) is 40.9 Å². The largest absolute Gasteiger partial charge is 0.497 e. The van der Waals surface area contributed by atoms with Crippen molar-refractivity contribution in [2.75, 3.05) is 13.7 Å². The Morgan fingerprint density at radius 2 is 1.41 bits per heavy atom. The molecule has 18 nitrogen and oxygen atoms in total. The number of fused-ring (bicyclic) bond motifs is 5. The third-order valence-electron chi connectivity index (χ3n) is 14.3. The Hall–Kier alpha value is -6.76. The highest BCUT2D eigenvalue weighted by molar-refractivity contribution is 6.35. The van der Waals surface area contributed by atoms with Crippen molar-refractivity contribution in [1.82, 2.24) is 5.32 Å². The summed E-state index contributed by atoms with van der Waals surface area (Å²) in [5.41, 5.74) is -8.06. The lowest BCUT2D eigenvalue weighted by Gasteiger charge is -2.67. The number of ether oxygens (including phenoxy) is 7. The van der Waals surface area contributed by atoms with Gasteiger partial charge in [0.15, 0.2) is 17.5 Å². The van der Waals surface area contributed by atoms with E-state index in [1.165, 1.54) is 83.3 Å². The van der Waals surface area contributed by atoms with Crippen molar-refractivity contribution in [1.29, 1.82) is 0 Å². The summed E-state index contributed by atoms with van der Waals surface area (Å²) in [6, 6.07) is 19.7. The molecule has 1 aliphatic heterocycles. The average Bonchev–Trinajstić information content (AvgIpc) is 3.31. The number of hydrogen-bond donors (Lipinski definition) is 3. The summed E-state index contributed by atoms with van der Waals surface area (Å²) in [7, 11) is 1.43. The van der Waals surface area contributed by atoms with Crippen molar-refractivity contribution in [3.05, 3.63) is 113 Å². The van der Waals surface area contributed by atoms with Gasteiger partial charge in [-0.3, -0.25) is 24.0 Å². The van der Waals surface area contributed by atoms with Gasteiger partial charge in [0, 0.05) is 39.0 Å². The summed E-state index contributed by atoms with van der Waals surface area (Å²) < 4.78 is 41.8. The first kappa shape index (κ1) is 50.1. The molecule has 11 atom stereocenters. The van der Waals surface area contributed by atoms with Crippen molar-refractivity contribution in [2.24, 2.45) is 16.7 Å². The molecule has 366 valence electrons. The molecule has 3 aromatic carbocycles. The molecule has 3 N–H and O–H groups in total. The minimum atomic E-state index is -2.51. The Morgan fingerprint density at radius 3 is 1.96 bits per heavy atom. The van der Waals surface area contributed by atoms with Gasteiger partial charge in [-0.25, -0.2) is 14.4 Å². The number of rotatable bonds is 13. The summed E-state index contributed by atoms with van der Waals surface area (Å²) >= 11 is 0. The second-order valence-electron chi connectivity index (χ2n) is 18.7. The fraction of sp³-hybridized carbons (Fsp3) is 0.451. The molecule has 1 saturated heterocycles. The molecule has 3 aromatic rings. The van der Waals surface area contributed by atoms with Gasteiger partial charge < -0.3 is 48.7 Å². The molecule has 2 saturated carbocycles. The Kier molecular flexibility index (Phi) is 13.8. The van der Waals surface area contributed by atoms with Crippen molar-refractivity contribution in [2.45, 2.75) is 115 Å². The number of amides is 1. The van der Waals surface area contributed by atoms with E-state index in [4.69, 9.17) is 33.2 Å². The smallest absolute Gasteiger partial charge is 0.350 e. The van der Waals surface area contributed by atoms with Gasteiger partial charge in [-0.2, -0.15) is 0 Å². The fourth-order valence-corrected chi connectivity index (χ4v) is 10.6. The second-order valence-corrected chi connectivity index (χ2v) is 18.7. The molecular weight excluding hydrogens is 899 g/mol. The van der Waals surface area contributed by atoms with Crippen LogP contribution in [0.2, 0.25) is 0 Å². The normalized spacial score (nSPS) is 29.6. The van der Waals surface area contributed by atoms with Crippen molar-refractivity contribution in [3.8, 4) is 5.75 Å². The molecule has 2 bridgehead atoms. The summed E-state index contributed by atoms with van der Waals surface area (Å²) in [5.74, 6) is -9.34. The minimum Gasteiger partial charge on any atom is -0.497 e. The first-order valence-electron chi connectivity index (χ1n) is 22.3. The number of nitrogens with one attached hydrogen (secondary N) is 1. The molecule has 0 aromatic heterocycles. The number of ketones is 2. The SMILES string of the molecule is COc1ccc(C(=O)O[C@H]2[C@@H]3[C@]4(OC(C)=O)CO[C@@H]4C[C@H](O)[C@@]3(C)C(=O)[C@H](OC(C)=O)C3=C(C)[C@@H](OC(=O)[C@H](OC(=O)c4ccccc4)[C@@H](NC(=O)C(C)=O)c4ccccc4)C[C@]2(O)C3(C)C)cc1. The van der Waals surface area contributed by atoms with Crippen LogP contribution in [0.15, 0.2) is 96.1 Å². The Balaban J connectivity index is 1.44. The molecule has 3 fully saturated rings. The van der Waals surface area contributed by atoms with Crippen LogP contribution in [0.3, 0.4) is 0 Å². The third-order valence-corrected chi connectivity index (χ3v) is 14.3. The van der Waals surface area contributed by atoms with Crippen LogP contribution in [0.25, 0.3) is 0 Å². The minimum absolute atomic E-state index is 0.0104. The zero-order valence-corrected chi connectivity index (χ0v) is 39.3. The van der Waals surface area contributed by atoms with Gasteiger partial charge in [0.25, 0.3) is 5.91 Å². The molecule has 0 spiro atoms. The zero-order valence-electron chi connectivity index (χ0n) is 39.3. The number of Topliss-reactive ketones (excluding diaryl/α,β-unsaturated/α-hetero) is 2. The molecule has 69 heavy (non-hydrogen) atoms. The maximum absolute atomic E-state index is 15.7. The van der Waals surface area contributed by atoms with E-state index >= 15 is 9.59 Å². The van der Waals surface area contributed by atoms with E-state index in [0.717, 1.165) is 20.8 Å². The van der Waals surface area contributed by atoms with Crippen LogP contribution in [-0.2, 0) is 57.2 Å². The van der Waals surface area contributed by atoms with E-state index in [0.29, 0.717) is 5.75 Å². The van der Waals surface area contributed by atoms with Gasteiger partial charge in [-0.05, 0) is 67.0 Å². The highest BCUT2D eigenvalue weighted by Crippen LogP contribution is 2.64. The quantitative estimate of drug-likeness (QED) is 0.0951. The highest BCUT2D eigenvalue weighted by atomic mass is 16.6. The van der Waals surface area contributed by atoms with Crippen LogP contribution in [0.1, 0.15) is 93.6 Å². The topological polar surface area (TPSA) is 254 Å². The van der Waals surface area contributed by atoms with Crippen molar-refractivity contribution < 1.29 is 81.7 Å². The van der Waals surface area contributed by atoms with Crippen LogP contribution >= 0.6 is 0 Å². The first-order chi connectivity index (χ1) is 32.5. The van der Waals surface area contributed by atoms with Crippen LogP contribution in [0.4, 0.5) is 0 Å². The van der Waals surface area contributed by atoms with E-state index in [2.05, 4.69) is 5.32 Å². The number of carbonyl (C=O) groups excluding carboxylic acids is 8. The molecule has 0 radical (unpaired) electrons. The Morgan fingerprint density at radius 1 is 0.797 bits per heavy atom. The lowest BCUT2D eigenvalue weighted by atomic mass is 9.44. The Labute approximate surface area is 397 Å². The summed E-state index contributed by atoms with van der Waals surface area (Å²) in [6.07, 6.45) is -11.1. The number of esters is 5. The lowest BCUT2D eigenvalue weighted by molar-refractivity contribution is -0.346. The van der Waals surface area contributed by atoms with Gasteiger partial charge >= 0.3 is 29.8 Å². The number of methoxy groups -OCH3 is 1. The monoisotopic (exact) mass is 953 g/mol. The first-order valence-corrected chi connectivity index (χ1v) is 22.3. The van der Waals surface area contributed by atoms with E-state index in [1.807, 2.05) is 0 Å². The average molecular weight is 954 g/mol. The second kappa shape index (κ2) is 19.0. The lowest BCUT2D eigenvalue weighted by Crippen LogP contribution is -2.82. The molecule has 18 heteroatoms. The number of aliphatic hydroxyl groups is 2. The predicted octanol–water partition coefficient (Wildman–Crippen LogP) is 3.88. The van der Waals surface area contributed by atoms with Gasteiger partial charge in [0.05, 0.1) is 42.3 Å². The van der Waals surface area contributed by atoms with Crippen LogP contribution in [0.5, 0.6) is 5.75 Å². The number of aliphatic hydroxyl groups excluding tert-OH is 1. The molecule has 0 unspecified atom stereocenters. The molecule has 7 rings (SSSR count). The highest BCUT2D eigenvalue weighted by Gasteiger charge is 2.78. The molecular formula is C51H55NO17. The zero-order chi connectivity index (χ0) is 50.4. The number of hydrogen-bond acceptors (Lipinski definition) is 17. The van der Waals surface area contributed by atoms with Gasteiger partial charge in [0.2, 0.25) is 11.9 Å². The number of benzene rings is 3. The maximum atomic E-state index is 15.7. The van der Waals surface area contributed by atoms with Gasteiger partial charge in [-0.1, -0.05) is 62.4 Å².